The molecule has 2 aromatic rings. The summed E-state index contributed by atoms with van der Waals surface area (Å²) in [6.07, 6.45) is 5.66. The molecule has 2 N–H and O–H groups in total. The van der Waals surface area contributed by atoms with Gasteiger partial charge in [0.15, 0.2) is 0 Å². The van der Waals surface area contributed by atoms with Crippen LogP contribution in [-0.2, 0) is 21.5 Å². The molecule has 0 saturated carbocycles. The van der Waals surface area contributed by atoms with Gasteiger partial charge in [-0.1, -0.05) is 49.4 Å². The second-order valence-corrected chi connectivity index (χ2v) is 10.7. The fourth-order valence-corrected chi connectivity index (χ4v) is 4.76. The third-order valence-corrected chi connectivity index (χ3v) is 6.55. The molecule has 0 radical (unpaired) electrons. The summed E-state index contributed by atoms with van der Waals surface area (Å²) in [4.78, 5) is 32.4. The van der Waals surface area contributed by atoms with Gasteiger partial charge < -0.3 is 15.4 Å². The van der Waals surface area contributed by atoms with Gasteiger partial charge in [-0.2, -0.15) is 0 Å². The number of carbonyl (C=O) groups excluding carboxylic acids is 2. The zero-order valence-electron chi connectivity index (χ0n) is 21.1. The van der Waals surface area contributed by atoms with E-state index in [1.54, 1.807) is 6.20 Å². The molecule has 2 amide bonds. The number of benzene rings is 1. The first-order valence-corrected chi connectivity index (χ1v) is 12.3. The van der Waals surface area contributed by atoms with Gasteiger partial charge in [0.05, 0.1) is 17.7 Å². The number of amides is 2. The Morgan fingerprint density at radius 1 is 1.23 bits per heavy atom. The Bertz CT molecular complexity index is 1070. The van der Waals surface area contributed by atoms with E-state index >= 15 is 0 Å². The fourth-order valence-electron chi connectivity index (χ4n) is 4.76. The van der Waals surface area contributed by atoms with Crippen LogP contribution in [0.4, 0.5) is 4.79 Å². The van der Waals surface area contributed by atoms with E-state index in [1.165, 1.54) is 5.56 Å². The van der Waals surface area contributed by atoms with E-state index in [9.17, 15) is 9.59 Å². The molecule has 7 heteroatoms. The highest BCUT2D eigenvalue weighted by Gasteiger charge is 2.45. The van der Waals surface area contributed by atoms with E-state index in [-0.39, 0.29) is 23.3 Å². The van der Waals surface area contributed by atoms with Crippen molar-refractivity contribution >= 4 is 12.0 Å². The van der Waals surface area contributed by atoms with Crippen molar-refractivity contribution < 1.29 is 14.3 Å². The monoisotopic (exact) mass is 476 g/mol. The Morgan fingerprint density at radius 2 is 1.97 bits per heavy atom. The zero-order valence-corrected chi connectivity index (χ0v) is 21.1. The Labute approximate surface area is 208 Å². The van der Waals surface area contributed by atoms with Crippen molar-refractivity contribution in [2.45, 2.75) is 57.7 Å². The van der Waals surface area contributed by atoms with Gasteiger partial charge in [-0.05, 0) is 50.5 Å². The quantitative estimate of drug-likeness (QED) is 0.652. The van der Waals surface area contributed by atoms with E-state index < -0.39 is 11.7 Å². The highest BCUT2D eigenvalue weighted by Crippen LogP contribution is 2.36. The van der Waals surface area contributed by atoms with E-state index in [0.29, 0.717) is 13.0 Å². The van der Waals surface area contributed by atoms with Crippen LogP contribution >= 0.6 is 0 Å². The van der Waals surface area contributed by atoms with Crippen molar-refractivity contribution in [2.75, 3.05) is 19.6 Å². The summed E-state index contributed by atoms with van der Waals surface area (Å²) in [5, 5.41) is 6.16. The maximum absolute atomic E-state index is 12.8. The Balaban J connectivity index is 1.60. The van der Waals surface area contributed by atoms with Crippen molar-refractivity contribution in [3.63, 3.8) is 0 Å². The molecule has 2 atom stereocenters. The van der Waals surface area contributed by atoms with Crippen LogP contribution in [0.25, 0.3) is 0 Å². The number of nitrogens with zero attached hydrogens (tertiary/aromatic N) is 2. The number of rotatable bonds is 3. The van der Waals surface area contributed by atoms with Crippen LogP contribution < -0.4 is 10.6 Å². The predicted molar refractivity (Wildman–Crippen MR) is 136 cm³/mol. The second-order valence-electron chi connectivity index (χ2n) is 10.7. The molecular formula is C28H36N4O3. The summed E-state index contributed by atoms with van der Waals surface area (Å²) >= 11 is 0. The van der Waals surface area contributed by atoms with E-state index in [4.69, 9.17) is 4.74 Å². The first-order chi connectivity index (χ1) is 16.6. The Morgan fingerprint density at radius 3 is 2.69 bits per heavy atom. The van der Waals surface area contributed by atoms with Gasteiger partial charge >= 0.3 is 6.09 Å². The van der Waals surface area contributed by atoms with Crippen LogP contribution in [0.3, 0.4) is 0 Å². The molecule has 1 aromatic carbocycles. The molecule has 1 saturated heterocycles. The van der Waals surface area contributed by atoms with Crippen LogP contribution in [0.1, 0.15) is 57.0 Å². The summed E-state index contributed by atoms with van der Waals surface area (Å²) in [7, 11) is 0. The van der Waals surface area contributed by atoms with Gasteiger partial charge in [0.1, 0.15) is 5.60 Å². The molecule has 0 unspecified atom stereocenters. The predicted octanol–water partition coefficient (Wildman–Crippen LogP) is 4.11. The van der Waals surface area contributed by atoms with Crippen molar-refractivity contribution in [3.05, 3.63) is 77.6 Å². The Kier molecular flexibility index (Phi) is 7.26. The van der Waals surface area contributed by atoms with Crippen LogP contribution in [0, 0.1) is 5.92 Å². The largest absolute Gasteiger partial charge is 0.444 e. The summed E-state index contributed by atoms with van der Waals surface area (Å²) in [5.74, 6) is -0.255. The van der Waals surface area contributed by atoms with E-state index in [1.807, 2.05) is 52.0 Å². The van der Waals surface area contributed by atoms with Gasteiger partial charge in [0, 0.05) is 37.8 Å². The number of hydrogen-bond acceptors (Lipinski definition) is 5. The molecule has 0 aliphatic carbocycles. The van der Waals surface area contributed by atoms with Gasteiger partial charge in [0.2, 0.25) is 5.91 Å². The number of likely N-dealkylation sites (tertiary alicyclic amines) is 1. The summed E-state index contributed by atoms with van der Waals surface area (Å²) in [5.41, 5.74) is 2.39. The topological polar surface area (TPSA) is 83.6 Å². The van der Waals surface area contributed by atoms with Crippen molar-refractivity contribution in [2.24, 2.45) is 5.92 Å². The average molecular weight is 477 g/mol. The SMILES string of the molecule is C[C@@H]1/C=C/C[C@H](NC(=O)OC(C)(C)C)c2cc(ccn2)C2(CNC1=O)CN(Cc1ccccc1)C2. The lowest BCUT2D eigenvalue weighted by Gasteiger charge is -2.51. The molecule has 2 bridgehead atoms. The van der Waals surface area contributed by atoms with Crippen molar-refractivity contribution in [1.29, 1.82) is 0 Å². The third kappa shape index (κ3) is 6.28. The highest BCUT2D eigenvalue weighted by molar-refractivity contribution is 5.80. The van der Waals surface area contributed by atoms with E-state index in [2.05, 4.69) is 50.8 Å². The van der Waals surface area contributed by atoms with Crippen LogP contribution in [0.2, 0.25) is 0 Å². The average Bonchev–Trinajstić information content (AvgIpc) is 2.78. The number of carbonyl (C=O) groups is 2. The number of fused-ring (bicyclic) bond motifs is 3. The molecule has 35 heavy (non-hydrogen) atoms. The molecule has 4 rings (SSSR count). The number of alkyl carbamates (subject to hydrolysis) is 1. The molecular weight excluding hydrogens is 440 g/mol. The third-order valence-electron chi connectivity index (χ3n) is 6.55. The summed E-state index contributed by atoms with van der Waals surface area (Å²) in [6.45, 7) is 10.5. The van der Waals surface area contributed by atoms with E-state index in [0.717, 1.165) is 30.9 Å². The normalized spacial score (nSPS) is 23.3. The first-order valence-electron chi connectivity index (χ1n) is 12.3. The van der Waals surface area contributed by atoms with Crippen molar-refractivity contribution in [3.8, 4) is 0 Å². The second kappa shape index (κ2) is 10.2. The maximum Gasteiger partial charge on any atom is 0.408 e. The lowest BCUT2D eigenvalue weighted by atomic mass is 9.73. The highest BCUT2D eigenvalue weighted by atomic mass is 16.6. The number of pyridine rings is 1. The summed E-state index contributed by atoms with van der Waals surface area (Å²) in [6, 6.07) is 14.2. The molecule has 1 aromatic heterocycles. The molecule has 3 heterocycles. The molecule has 2 aliphatic heterocycles. The van der Waals surface area contributed by atoms with Gasteiger partial charge in [-0.25, -0.2) is 4.79 Å². The zero-order chi connectivity index (χ0) is 25.1. The lowest BCUT2D eigenvalue weighted by Crippen LogP contribution is -2.63. The Hall–Kier alpha value is -3.19. The minimum Gasteiger partial charge on any atom is -0.444 e. The minimum absolute atomic E-state index is 0.00800. The molecule has 7 nitrogen and oxygen atoms in total. The number of aromatic nitrogens is 1. The first kappa shape index (κ1) is 24.9. The minimum atomic E-state index is -0.592. The van der Waals surface area contributed by atoms with Gasteiger partial charge in [-0.15, -0.1) is 0 Å². The summed E-state index contributed by atoms with van der Waals surface area (Å²) < 4.78 is 5.49. The lowest BCUT2D eigenvalue weighted by molar-refractivity contribution is -0.123. The molecule has 2 aliphatic rings. The smallest absolute Gasteiger partial charge is 0.408 e. The van der Waals surface area contributed by atoms with Crippen LogP contribution in [0.5, 0.6) is 0 Å². The maximum atomic E-state index is 12.8. The molecule has 186 valence electrons. The van der Waals surface area contributed by atoms with Crippen LogP contribution in [0.15, 0.2) is 60.8 Å². The van der Waals surface area contributed by atoms with Crippen molar-refractivity contribution in [1.82, 2.24) is 20.5 Å². The number of nitrogens with one attached hydrogen (secondary N) is 2. The van der Waals surface area contributed by atoms with Gasteiger partial charge in [0.25, 0.3) is 0 Å². The fraction of sp³-hybridized carbons (Fsp3) is 0.464. The number of hydrogen-bond donors (Lipinski definition) is 2. The number of ether oxygens (including phenoxy) is 1. The standard InChI is InChI=1S/C28H36N4O3/c1-20-9-8-12-23(31-26(34)35-27(2,3)4)24-15-22(13-14-29-24)28(17-30-25(20)33)18-32(19-28)16-21-10-6-5-7-11-21/h5-11,13-15,20,23H,12,16-19H2,1-4H3,(H,30,33)(H,31,34)/b9-8+/t20-,23+/m1/s1. The van der Waals surface area contributed by atoms with Gasteiger partial charge in [-0.3, -0.25) is 14.7 Å². The molecule has 1 fully saturated rings. The molecule has 1 spiro atoms. The van der Waals surface area contributed by atoms with Crippen LogP contribution in [-0.4, -0.2) is 47.1 Å².